The van der Waals surface area contributed by atoms with E-state index in [-0.39, 0.29) is 18.2 Å². The molecule has 0 spiro atoms. The lowest BCUT2D eigenvalue weighted by molar-refractivity contribution is -0.133. The molecule has 2 aromatic carbocycles. The molecule has 0 aromatic heterocycles. The summed E-state index contributed by atoms with van der Waals surface area (Å²) in [7, 11) is 0. The van der Waals surface area contributed by atoms with Crippen LogP contribution in [0.15, 0.2) is 54.6 Å². The first kappa shape index (κ1) is 43.4. The van der Waals surface area contributed by atoms with Gasteiger partial charge in [-0.2, -0.15) is 11.8 Å². The number of amides is 4. The number of hydrogen-bond donors (Lipinski definition) is 3. The second kappa shape index (κ2) is 24.3. The Balaban J connectivity index is 1.43. The molecule has 1 aliphatic rings. The van der Waals surface area contributed by atoms with E-state index in [4.69, 9.17) is 23.7 Å². The van der Waals surface area contributed by atoms with E-state index in [0.717, 1.165) is 12.0 Å². The molecular formula is C39H58N4O9S. The largest absolute Gasteiger partial charge is 0.487 e. The normalized spacial score (nSPS) is 15.5. The Morgan fingerprint density at radius 1 is 0.774 bits per heavy atom. The van der Waals surface area contributed by atoms with Crippen molar-refractivity contribution in [3.63, 3.8) is 0 Å². The number of carbonyl (C=O) groups excluding carboxylic acids is 4. The molecule has 0 saturated carbocycles. The Kier molecular flexibility index (Phi) is 19.9. The minimum Gasteiger partial charge on any atom is -0.487 e. The van der Waals surface area contributed by atoms with Crippen LogP contribution in [0.1, 0.15) is 58.4 Å². The lowest BCUT2D eigenvalue weighted by atomic mass is 10.0. The molecule has 14 heteroatoms. The number of carbonyl (C=O) groups is 4. The molecule has 0 fully saturated rings. The molecule has 2 atom stereocenters. The summed E-state index contributed by atoms with van der Waals surface area (Å²) in [4.78, 5) is 54.2. The molecule has 3 rings (SSSR count). The maximum Gasteiger partial charge on any atom is 0.408 e. The third-order valence-corrected chi connectivity index (χ3v) is 8.73. The summed E-state index contributed by atoms with van der Waals surface area (Å²) in [5.74, 6) is 1.23. The molecule has 0 radical (unpaired) electrons. The van der Waals surface area contributed by atoms with Gasteiger partial charge in [0.25, 0.3) is 0 Å². The molecule has 13 nitrogen and oxygen atoms in total. The number of nitrogens with one attached hydrogen (secondary N) is 3. The van der Waals surface area contributed by atoms with Gasteiger partial charge in [0.05, 0.1) is 26.4 Å². The predicted molar refractivity (Wildman–Crippen MR) is 205 cm³/mol. The highest BCUT2D eigenvalue weighted by molar-refractivity contribution is 7.98. The molecule has 53 heavy (non-hydrogen) atoms. The summed E-state index contributed by atoms with van der Waals surface area (Å²) in [6, 6.07) is 15.1. The molecule has 0 aliphatic carbocycles. The van der Waals surface area contributed by atoms with Crippen molar-refractivity contribution in [1.29, 1.82) is 0 Å². The van der Waals surface area contributed by atoms with E-state index in [9.17, 15) is 19.2 Å². The topological polar surface area (TPSA) is 154 Å². The Labute approximate surface area is 318 Å². The molecule has 0 bridgehead atoms. The summed E-state index contributed by atoms with van der Waals surface area (Å²) in [5, 5.41) is 8.49. The minimum absolute atomic E-state index is 0.0235. The summed E-state index contributed by atoms with van der Waals surface area (Å²) in [5.41, 5.74) is 0.120. The van der Waals surface area contributed by atoms with Crippen LogP contribution in [0.5, 0.6) is 11.5 Å². The molecule has 2 aromatic rings. The number of alkyl carbamates (subject to hydrolysis) is 1. The molecular weight excluding hydrogens is 701 g/mol. The van der Waals surface area contributed by atoms with Crippen LogP contribution in [0, 0.1) is 0 Å². The zero-order valence-corrected chi connectivity index (χ0v) is 32.5. The van der Waals surface area contributed by atoms with Gasteiger partial charge in [0, 0.05) is 32.5 Å². The van der Waals surface area contributed by atoms with Crippen molar-refractivity contribution in [2.75, 3.05) is 71.3 Å². The number of fused-ring (bicyclic) bond motifs is 1. The van der Waals surface area contributed by atoms with Gasteiger partial charge in [-0.3, -0.25) is 14.4 Å². The Morgan fingerprint density at radius 2 is 1.40 bits per heavy atom. The highest BCUT2D eigenvalue weighted by Gasteiger charge is 2.28. The summed E-state index contributed by atoms with van der Waals surface area (Å²) in [6.45, 7) is 8.84. The van der Waals surface area contributed by atoms with Crippen molar-refractivity contribution in [3.8, 4) is 11.5 Å². The molecule has 0 unspecified atom stereocenters. The molecule has 294 valence electrons. The highest BCUT2D eigenvalue weighted by atomic mass is 32.2. The summed E-state index contributed by atoms with van der Waals surface area (Å²) < 4.78 is 28.5. The van der Waals surface area contributed by atoms with E-state index in [1.807, 2.05) is 60.9 Å². The van der Waals surface area contributed by atoms with Gasteiger partial charge in [-0.15, -0.1) is 0 Å². The fourth-order valence-electron chi connectivity index (χ4n) is 5.38. The number of benzene rings is 2. The smallest absolute Gasteiger partial charge is 0.408 e. The summed E-state index contributed by atoms with van der Waals surface area (Å²) >= 11 is 1.57. The number of para-hydroxylation sites is 2. The number of unbranched alkanes of at least 4 members (excludes halogenated alkanes) is 2. The number of hydrogen-bond acceptors (Lipinski definition) is 10. The zero-order valence-electron chi connectivity index (χ0n) is 31.7. The van der Waals surface area contributed by atoms with E-state index in [0.29, 0.717) is 102 Å². The van der Waals surface area contributed by atoms with E-state index < -0.39 is 29.7 Å². The average Bonchev–Trinajstić information content (AvgIpc) is 3.13. The first-order valence-electron chi connectivity index (χ1n) is 18.4. The lowest BCUT2D eigenvalue weighted by Crippen LogP contribution is -2.55. The second-order valence-electron chi connectivity index (χ2n) is 13.6. The van der Waals surface area contributed by atoms with Gasteiger partial charge in [-0.05, 0) is 69.7 Å². The maximum absolute atomic E-state index is 13.5. The van der Waals surface area contributed by atoms with Gasteiger partial charge < -0.3 is 44.5 Å². The fourth-order valence-corrected chi connectivity index (χ4v) is 5.85. The van der Waals surface area contributed by atoms with Crippen molar-refractivity contribution in [2.45, 2.75) is 77.0 Å². The van der Waals surface area contributed by atoms with Crippen molar-refractivity contribution < 1.29 is 42.9 Å². The van der Waals surface area contributed by atoms with Crippen LogP contribution in [0.2, 0.25) is 0 Å². The van der Waals surface area contributed by atoms with Gasteiger partial charge >= 0.3 is 6.09 Å². The van der Waals surface area contributed by atoms with Gasteiger partial charge in [-0.1, -0.05) is 48.9 Å². The predicted octanol–water partition coefficient (Wildman–Crippen LogP) is 4.37. The lowest BCUT2D eigenvalue weighted by Gasteiger charge is -2.25. The van der Waals surface area contributed by atoms with Crippen molar-refractivity contribution >= 4 is 35.6 Å². The molecule has 1 aliphatic heterocycles. The number of ether oxygens (including phenoxy) is 5. The average molecular weight is 759 g/mol. The van der Waals surface area contributed by atoms with Crippen molar-refractivity contribution in [2.24, 2.45) is 0 Å². The van der Waals surface area contributed by atoms with E-state index >= 15 is 0 Å². The van der Waals surface area contributed by atoms with E-state index in [1.165, 1.54) is 0 Å². The first-order valence-corrected chi connectivity index (χ1v) is 19.8. The van der Waals surface area contributed by atoms with Gasteiger partial charge in [-0.25, -0.2) is 4.79 Å². The van der Waals surface area contributed by atoms with Crippen LogP contribution in [-0.4, -0.2) is 118 Å². The highest BCUT2D eigenvalue weighted by Crippen LogP contribution is 2.26. The van der Waals surface area contributed by atoms with Gasteiger partial charge in [0.1, 0.15) is 30.9 Å². The van der Waals surface area contributed by atoms with Crippen LogP contribution < -0.4 is 25.4 Å². The number of thioether (sulfide) groups is 1. The zero-order chi connectivity index (χ0) is 38.3. The van der Waals surface area contributed by atoms with Crippen LogP contribution in [0.4, 0.5) is 4.79 Å². The Hall–Kier alpha value is -4.01. The standard InChI is InChI=1S/C39H58N4O9S/c1-39(2,3)52-38(47)42-32(29-30-13-7-5-8-14-30)37(46)41-31(18-28-53-4)36(45)40-19-12-6-9-17-35(44)43-20-22-48-24-26-50-33-15-10-11-16-34(33)51-27-25-49-23-21-43/h5,7-8,10-11,13-16,31-32H,6,9,12,17-29H2,1-4H3,(H,40,45)(H,41,46)(H,42,47)/t31-,32-/m1/s1. The van der Waals surface area contributed by atoms with Crippen LogP contribution >= 0.6 is 11.8 Å². The van der Waals surface area contributed by atoms with Crippen LogP contribution in [-0.2, 0) is 35.0 Å². The number of rotatable bonds is 15. The first-order chi connectivity index (χ1) is 25.6. The van der Waals surface area contributed by atoms with Crippen molar-refractivity contribution in [1.82, 2.24) is 20.9 Å². The molecule has 0 saturated heterocycles. The van der Waals surface area contributed by atoms with Gasteiger partial charge in [0.2, 0.25) is 17.7 Å². The maximum atomic E-state index is 13.5. The van der Waals surface area contributed by atoms with Crippen molar-refractivity contribution in [3.05, 3.63) is 60.2 Å². The molecule has 1 heterocycles. The van der Waals surface area contributed by atoms with Crippen LogP contribution in [0.3, 0.4) is 0 Å². The monoisotopic (exact) mass is 758 g/mol. The Bertz CT molecular complexity index is 1360. The fraction of sp³-hybridized carbons (Fsp3) is 0.590. The van der Waals surface area contributed by atoms with Crippen LogP contribution in [0.25, 0.3) is 0 Å². The van der Waals surface area contributed by atoms with E-state index in [1.54, 1.807) is 37.4 Å². The number of nitrogens with zero attached hydrogens (tertiary/aromatic N) is 1. The third kappa shape index (κ3) is 18.0. The third-order valence-electron chi connectivity index (χ3n) is 8.08. The Morgan fingerprint density at radius 3 is 2.00 bits per heavy atom. The second-order valence-corrected chi connectivity index (χ2v) is 14.6. The summed E-state index contributed by atoms with van der Waals surface area (Å²) in [6.07, 6.45) is 4.33. The quantitative estimate of drug-likeness (QED) is 0.223. The SMILES string of the molecule is CSCC[C@@H](NC(=O)[C@@H](Cc1ccccc1)NC(=O)OC(C)(C)C)C(=O)NCCCCCC(=O)N1CCOCCOc2ccccc2OCCOCC1. The van der Waals surface area contributed by atoms with E-state index in [2.05, 4.69) is 16.0 Å². The molecule has 3 N–H and O–H groups in total. The molecule has 4 amide bonds. The minimum atomic E-state index is -0.941. The van der Waals surface area contributed by atoms with Gasteiger partial charge in [0.15, 0.2) is 11.5 Å².